The van der Waals surface area contributed by atoms with Gasteiger partial charge in [0.1, 0.15) is 0 Å². The number of aliphatic hydroxyl groups is 1. The van der Waals surface area contributed by atoms with Gasteiger partial charge in [0.2, 0.25) is 0 Å². The van der Waals surface area contributed by atoms with Crippen LogP contribution in [0.1, 0.15) is 32.6 Å². The highest BCUT2D eigenvalue weighted by atomic mass is 16.3. The molecule has 0 unspecified atom stereocenters. The minimum absolute atomic E-state index is 0.0485. The van der Waals surface area contributed by atoms with Crippen molar-refractivity contribution in [1.29, 1.82) is 0 Å². The molecule has 0 aromatic heterocycles. The average Bonchev–Trinajstić information content (AvgIpc) is 2.61. The molecule has 3 aromatic carbocycles. The molecule has 2 heteroatoms. The molecule has 0 aliphatic carbocycles. The molecule has 0 aliphatic heterocycles. The van der Waals surface area contributed by atoms with Crippen LogP contribution in [0.2, 0.25) is 0 Å². The molecule has 0 saturated heterocycles. The lowest BCUT2D eigenvalue weighted by atomic mass is 9.93. The van der Waals surface area contributed by atoms with Gasteiger partial charge in [-0.3, -0.25) is 4.79 Å². The van der Waals surface area contributed by atoms with Gasteiger partial charge in [-0.1, -0.05) is 66.2 Å². The third-order valence-corrected chi connectivity index (χ3v) is 4.29. The highest BCUT2D eigenvalue weighted by Crippen LogP contribution is 2.25. The van der Waals surface area contributed by atoms with Crippen LogP contribution in [0, 0.1) is 13.8 Å². The Bertz CT molecular complexity index is 877. The second-order valence-corrected chi connectivity index (χ2v) is 6.04. The average molecular weight is 316 g/mol. The van der Waals surface area contributed by atoms with Crippen LogP contribution in [0.5, 0.6) is 0 Å². The Hall–Kier alpha value is -2.71. The molecule has 0 fully saturated rings. The zero-order valence-corrected chi connectivity index (χ0v) is 13.9. The van der Waals surface area contributed by atoms with Crippen molar-refractivity contribution < 1.29 is 9.90 Å². The maximum atomic E-state index is 12.8. The lowest BCUT2D eigenvalue weighted by Gasteiger charge is -2.11. The zero-order valence-electron chi connectivity index (χ0n) is 13.9. The van der Waals surface area contributed by atoms with E-state index >= 15 is 0 Å². The third kappa shape index (κ3) is 3.15. The Morgan fingerprint density at radius 3 is 2.17 bits per heavy atom. The molecule has 0 heterocycles. The highest BCUT2D eigenvalue weighted by Gasteiger charge is 2.15. The van der Waals surface area contributed by atoms with Gasteiger partial charge in [0, 0.05) is 11.1 Å². The number of aryl methyl sites for hydroxylation is 2. The molecule has 3 aromatic rings. The molecule has 0 radical (unpaired) electrons. The van der Waals surface area contributed by atoms with Gasteiger partial charge < -0.3 is 5.11 Å². The van der Waals surface area contributed by atoms with Gasteiger partial charge >= 0.3 is 0 Å². The van der Waals surface area contributed by atoms with Crippen LogP contribution in [0.15, 0.2) is 66.7 Å². The van der Waals surface area contributed by atoms with Crippen molar-refractivity contribution in [3.8, 4) is 11.1 Å². The molecule has 0 amide bonds. The van der Waals surface area contributed by atoms with E-state index in [1.165, 1.54) is 5.56 Å². The fraction of sp³-hybridized carbons (Fsp3) is 0.136. The van der Waals surface area contributed by atoms with Crippen molar-refractivity contribution in [2.24, 2.45) is 0 Å². The maximum absolute atomic E-state index is 12.8. The van der Waals surface area contributed by atoms with Crippen LogP contribution in [-0.4, -0.2) is 10.9 Å². The topological polar surface area (TPSA) is 37.3 Å². The summed E-state index contributed by atoms with van der Waals surface area (Å²) in [6.45, 7) is 3.81. The van der Waals surface area contributed by atoms with Gasteiger partial charge in [0.05, 0.1) is 6.61 Å². The summed E-state index contributed by atoms with van der Waals surface area (Å²) in [5.41, 5.74) is 6.10. The number of rotatable bonds is 4. The van der Waals surface area contributed by atoms with E-state index in [4.69, 9.17) is 0 Å². The Labute approximate surface area is 142 Å². The normalized spacial score (nSPS) is 10.6. The molecule has 0 bridgehead atoms. The summed E-state index contributed by atoms with van der Waals surface area (Å²) in [5, 5.41) is 9.75. The summed E-state index contributed by atoms with van der Waals surface area (Å²) in [5.74, 6) is -0.0485. The van der Waals surface area contributed by atoms with E-state index in [0.29, 0.717) is 16.7 Å². The molecule has 0 atom stereocenters. The largest absolute Gasteiger partial charge is 0.392 e. The zero-order chi connectivity index (χ0) is 17.1. The predicted octanol–water partition coefficient (Wildman–Crippen LogP) is 4.69. The fourth-order valence-electron chi connectivity index (χ4n) is 2.84. The molecule has 0 saturated carbocycles. The van der Waals surface area contributed by atoms with Gasteiger partial charge in [-0.2, -0.15) is 0 Å². The highest BCUT2D eigenvalue weighted by molar-refractivity contribution is 6.11. The summed E-state index contributed by atoms with van der Waals surface area (Å²) in [6.07, 6.45) is 0. The lowest BCUT2D eigenvalue weighted by molar-refractivity contribution is 0.103. The maximum Gasteiger partial charge on any atom is 0.193 e. The van der Waals surface area contributed by atoms with Gasteiger partial charge in [-0.25, -0.2) is 0 Å². The van der Waals surface area contributed by atoms with Crippen molar-refractivity contribution in [1.82, 2.24) is 0 Å². The van der Waals surface area contributed by atoms with E-state index in [1.807, 2.05) is 56.3 Å². The monoisotopic (exact) mass is 316 g/mol. The Morgan fingerprint density at radius 1 is 0.833 bits per heavy atom. The van der Waals surface area contributed by atoms with Crippen LogP contribution in [-0.2, 0) is 6.61 Å². The Morgan fingerprint density at radius 2 is 1.50 bits per heavy atom. The van der Waals surface area contributed by atoms with Crippen molar-refractivity contribution in [3.05, 3.63) is 94.5 Å². The first kappa shape index (κ1) is 16.2. The minimum atomic E-state index is -0.160. The number of ketones is 1. The number of hydrogen-bond donors (Lipinski definition) is 1. The van der Waals surface area contributed by atoms with Gasteiger partial charge in [-0.15, -0.1) is 0 Å². The standard InChI is InChI=1S/C22H20O2/c1-15-7-9-17(10-8-15)18-11-12-21(19(13-18)14-23)22(24)20-6-4-3-5-16(20)2/h3-13,23H,14H2,1-2H3. The summed E-state index contributed by atoms with van der Waals surface area (Å²) in [4.78, 5) is 12.8. The molecule has 3 rings (SSSR count). The number of hydrogen-bond acceptors (Lipinski definition) is 2. The Balaban J connectivity index is 2.02. The van der Waals surface area contributed by atoms with Crippen LogP contribution < -0.4 is 0 Å². The van der Waals surface area contributed by atoms with E-state index in [1.54, 1.807) is 0 Å². The molecular weight excluding hydrogens is 296 g/mol. The van der Waals surface area contributed by atoms with E-state index in [0.717, 1.165) is 16.7 Å². The number of carbonyl (C=O) groups excluding carboxylic acids is 1. The first-order valence-electron chi connectivity index (χ1n) is 8.01. The lowest BCUT2D eigenvalue weighted by Crippen LogP contribution is -2.07. The third-order valence-electron chi connectivity index (χ3n) is 4.29. The first-order chi connectivity index (χ1) is 11.6. The van der Waals surface area contributed by atoms with Crippen molar-refractivity contribution >= 4 is 5.78 Å². The van der Waals surface area contributed by atoms with Crippen LogP contribution in [0.3, 0.4) is 0 Å². The number of benzene rings is 3. The number of aliphatic hydroxyl groups excluding tert-OH is 1. The molecule has 120 valence electrons. The first-order valence-corrected chi connectivity index (χ1v) is 8.01. The molecule has 0 spiro atoms. The van der Waals surface area contributed by atoms with Crippen molar-refractivity contribution in [3.63, 3.8) is 0 Å². The number of carbonyl (C=O) groups is 1. The summed E-state index contributed by atoms with van der Waals surface area (Å²) < 4.78 is 0. The van der Waals surface area contributed by atoms with Crippen molar-refractivity contribution in [2.45, 2.75) is 20.5 Å². The van der Waals surface area contributed by atoms with Gasteiger partial charge in [0.25, 0.3) is 0 Å². The smallest absolute Gasteiger partial charge is 0.193 e. The Kier molecular flexibility index (Phi) is 4.59. The molecule has 1 N–H and O–H groups in total. The molecule has 2 nitrogen and oxygen atoms in total. The second-order valence-electron chi connectivity index (χ2n) is 6.04. The summed E-state index contributed by atoms with van der Waals surface area (Å²) in [6, 6.07) is 21.4. The quantitative estimate of drug-likeness (QED) is 0.709. The minimum Gasteiger partial charge on any atom is -0.392 e. The summed E-state index contributed by atoms with van der Waals surface area (Å²) >= 11 is 0. The fourth-order valence-corrected chi connectivity index (χ4v) is 2.84. The van der Waals surface area contributed by atoms with E-state index in [2.05, 4.69) is 24.3 Å². The summed E-state index contributed by atoms with van der Waals surface area (Å²) in [7, 11) is 0. The SMILES string of the molecule is Cc1ccc(-c2ccc(C(=O)c3ccccc3C)c(CO)c2)cc1. The molecule has 24 heavy (non-hydrogen) atoms. The van der Waals surface area contributed by atoms with Crippen LogP contribution in [0.4, 0.5) is 0 Å². The van der Waals surface area contributed by atoms with Crippen LogP contribution in [0.25, 0.3) is 11.1 Å². The van der Waals surface area contributed by atoms with E-state index < -0.39 is 0 Å². The van der Waals surface area contributed by atoms with E-state index in [9.17, 15) is 9.90 Å². The van der Waals surface area contributed by atoms with Crippen molar-refractivity contribution in [2.75, 3.05) is 0 Å². The van der Waals surface area contributed by atoms with E-state index in [-0.39, 0.29) is 12.4 Å². The molecule has 0 aliphatic rings. The predicted molar refractivity (Wildman–Crippen MR) is 97.1 cm³/mol. The molecular formula is C22H20O2. The second kappa shape index (κ2) is 6.81. The van der Waals surface area contributed by atoms with Gasteiger partial charge in [-0.05, 0) is 42.2 Å². The van der Waals surface area contributed by atoms with Gasteiger partial charge in [0.15, 0.2) is 5.78 Å². The van der Waals surface area contributed by atoms with Crippen LogP contribution >= 0.6 is 0 Å².